The number of anilines is 2. The van der Waals surface area contributed by atoms with Crippen molar-refractivity contribution in [3.63, 3.8) is 0 Å². The summed E-state index contributed by atoms with van der Waals surface area (Å²) in [6.45, 7) is 3.54. The van der Waals surface area contributed by atoms with Gasteiger partial charge in [-0.05, 0) is 19.1 Å². The van der Waals surface area contributed by atoms with Crippen LogP contribution in [0.4, 0.5) is 25.0 Å². The Morgan fingerprint density at radius 3 is 2.77 bits per heavy atom. The van der Waals surface area contributed by atoms with Gasteiger partial charge < -0.3 is 15.0 Å². The molecule has 26 heavy (non-hydrogen) atoms. The number of rotatable bonds is 4. The van der Waals surface area contributed by atoms with Crippen molar-refractivity contribution < 1.29 is 18.3 Å². The van der Waals surface area contributed by atoms with E-state index >= 15 is 0 Å². The van der Waals surface area contributed by atoms with E-state index in [-0.39, 0.29) is 17.9 Å². The monoisotopic (exact) mass is 401 g/mol. The van der Waals surface area contributed by atoms with Crippen LogP contribution in [0, 0.1) is 11.6 Å². The summed E-state index contributed by atoms with van der Waals surface area (Å²) in [5.74, 6) is 0.521. The lowest BCUT2D eigenvalue weighted by Gasteiger charge is -2.24. The molecule has 5 nitrogen and oxygen atoms in total. The minimum Gasteiger partial charge on any atom is -0.442 e. The number of carbonyl (C=O) groups excluding carboxylic acids is 1. The van der Waals surface area contributed by atoms with Crippen LogP contribution in [0.25, 0.3) is 0 Å². The highest BCUT2D eigenvalue weighted by Crippen LogP contribution is 2.32. The molecule has 0 bridgehead atoms. The molecule has 0 aliphatic carbocycles. The molecule has 0 aromatic heterocycles. The number of ether oxygens (including phenoxy) is 1. The summed E-state index contributed by atoms with van der Waals surface area (Å²) in [5, 5.41) is 2.93. The van der Waals surface area contributed by atoms with Crippen LogP contribution in [0.5, 0.6) is 0 Å². The molecule has 2 fully saturated rings. The zero-order valence-electron chi connectivity index (χ0n) is 14.5. The van der Waals surface area contributed by atoms with Gasteiger partial charge in [0.1, 0.15) is 11.8 Å². The van der Waals surface area contributed by atoms with E-state index in [4.69, 9.17) is 17.0 Å². The van der Waals surface area contributed by atoms with Crippen molar-refractivity contribution >= 4 is 46.4 Å². The lowest BCUT2D eigenvalue weighted by atomic mass is 10.2. The van der Waals surface area contributed by atoms with Crippen LogP contribution < -0.4 is 15.1 Å². The Balaban J connectivity index is 1.77. The molecule has 3 rings (SSSR count). The Kier molecular flexibility index (Phi) is 6.18. The fraction of sp³-hybridized carbons (Fsp3) is 0.529. The van der Waals surface area contributed by atoms with Crippen LogP contribution in [-0.4, -0.2) is 54.9 Å². The van der Waals surface area contributed by atoms with E-state index in [1.165, 1.54) is 17.0 Å². The molecule has 1 atom stereocenters. The predicted octanol–water partition coefficient (Wildman–Crippen LogP) is 3.17. The van der Waals surface area contributed by atoms with Gasteiger partial charge in [0, 0.05) is 31.0 Å². The standard InChI is InChI=1S/C17H21F2N3O2S2/c1-11(25)20-9-13-10-22(17(23)24-13)12-7-14(18)16(15(19)8-12)21-3-2-5-26-6-4-21/h7-8,13H,2-6,9-10H2,1H3,(H,20,25)/t13-/m0/s1. The average molecular weight is 402 g/mol. The van der Waals surface area contributed by atoms with E-state index in [0.29, 0.717) is 24.6 Å². The van der Waals surface area contributed by atoms with E-state index in [9.17, 15) is 13.6 Å². The Morgan fingerprint density at radius 2 is 2.08 bits per heavy atom. The normalized spacial score (nSPS) is 20.7. The Bertz CT molecular complexity index is 674. The van der Waals surface area contributed by atoms with Gasteiger partial charge in [-0.3, -0.25) is 4.90 Å². The number of nitrogens with zero attached hydrogens (tertiary/aromatic N) is 2. The molecule has 1 amide bonds. The number of hydrogen-bond donors (Lipinski definition) is 1. The highest BCUT2D eigenvalue weighted by atomic mass is 32.2. The second-order valence-corrected chi connectivity index (χ2v) is 8.10. The SMILES string of the molecule is CC(=S)NC[C@H]1CN(c2cc(F)c(N3CCCSCC3)c(F)c2)C(=O)O1. The van der Waals surface area contributed by atoms with Crippen molar-refractivity contribution in [3.05, 3.63) is 23.8 Å². The molecular formula is C17H21F2N3O2S2. The first-order valence-corrected chi connectivity index (χ1v) is 10.1. The van der Waals surface area contributed by atoms with Gasteiger partial charge in [0.15, 0.2) is 11.6 Å². The largest absolute Gasteiger partial charge is 0.442 e. The summed E-state index contributed by atoms with van der Waals surface area (Å²) in [4.78, 5) is 15.7. The molecule has 142 valence electrons. The third-order valence-electron chi connectivity index (χ3n) is 4.30. The Morgan fingerprint density at radius 1 is 1.35 bits per heavy atom. The molecule has 0 unspecified atom stereocenters. The van der Waals surface area contributed by atoms with Crippen LogP contribution in [-0.2, 0) is 4.74 Å². The Hall–Kier alpha value is -1.61. The second-order valence-electron chi connectivity index (χ2n) is 6.26. The zero-order valence-corrected chi connectivity index (χ0v) is 16.1. The maximum absolute atomic E-state index is 14.7. The molecule has 1 aromatic rings. The van der Waals surface area contributed by atoms with Gasteiger partial charge in [0.05, 0.1) is 23.8 Å². The topological polar surface area (TPSA) is 44.8 Å². The summed E-state index contributed by atoms with van der Waals surface area (Å²) in [6, 6.07) is 2.41. The van der Waals surface area contributed by atoms with E-state index in [1.54, 1.807) is 23.6 Å². The fourth-order valence-corrected chi connectivity index (χ4v) is 4.05. The highest BCUT2D eigenvalue weighted by molar-refractivity contribution is 7.99. The van der Waals surface area contributed by atoms with Gasteiger partial charge >= 0.3 is 6.09 Å². The van der Waals surface area contributed by atoms with E-state index in [2.05, 4.69) is 5.32 Å². The summed E-state index contributed by atoms with van der Waals surface area (Å²) in [7, 11) is 0. The summed E-state index contributed by atoms with van der Waals surface area (Å²) in [5.41, 5.74) is 0.151. The second kappa shape index (κ2) is 8.39. The molecule has 2 heterocycles. The lowest BCUT2D eigenvalue weighted by molar-refractivity contribution is 0.143. The van der Waals surface area contributed by atoms with Crippen molar-refractivity contribution in [1.82, 2.24) is 5.32 Å². The quantitative estimate of drug-likeness (QED) is 0.782. The van der Waals surface area contributed by atoms with Gasteiger partial charge in [-0.15, -0.1) is 0 Å². The number of cyclic esters (lactones) is 1. The number of amides is 1. The first-order valence-electron chi connectivity index (χ1n) is 8.50. The molecule has 1 N–H and O–H groups in total. The summed E-state index contributed by atoms with van der Waals surface area (Å²) < 4.78 is 34.6. The van der Waals surface area contributed by atoms with Crippen molar-refractivity contribution in [2.45, 2.75) is 19.4 Å². The summed E-state index contributed by atoms with van der Waals surface area (Å²) in [6.07, 6.45) is -0.150. The number of carbonyl (C=O) groups is 1. The Labute approximate surface area is 161 Å². The van der Waals surface area contributed by atoms with Gasteiger partial charge in [0.2, 0.25) is 0 Å². The van der Waals surface area contributed by atoms with Crippen molar-refractivity contribution in [2.24, 2.45) is 0 Å². The number of benzene rings is 1. The van der Waals surface area contributed by atoms with Gasteiger partial charge in [0.25, 0.3) is 0 Å². The number of thioether (sulfide) groups is 1. The third-order valence-corrected chi connectivity index (χ3v) is 5.50. The molecule has 2 aliphatic heterocycles. The molecule has 2 saturated heterocycles. The molecule has 9 heteroatoms. The minimum absolute atomic E-state index is 0.0154. The first kappa shape index (κ1) is 19.2. The maximum atomic E-state index is 14.7. The highest BCUT2D eigenvalue weighted by Gasteiger charge is 2.33. The van der Waals surface area contributed by atoms with Crippen molar-refractivity contribution in [2.75, 3.05) is 47.5 Å². The van der Waals surface area contributed by atoms with E-state index in [1.807, 2.05) is 0 Å². The number of hydrogen-bond acceptors (Lipinski definition) is 5. The molecular weight excluding hydrogens is 380 g/mol. The van der Waals surface area contributed by atoms with Crippen LogP contribution in [0.3, 0.4) is 0 Å². The zero-order chi connectivity index (χ0) is 18.7. The predicted molar refractivity (Wildman–Crippen MR) is 104 cm³/mol. The molecule has 0 spiro atoms. The molecule has 0 saturated carbocycles. The fourth-order valence-electron chi connectivity index (χ4n) is 3.08. The van der Waals surface area contributed by atoms with E-state index in [0.717, 1.165) is 17.9 Å². The van der Waals surface area contributed by atoms with Crippen LogP contribution in [0.15, 0.2) is 12.1 Å². The number of halogens is 2. The molecule has 1 aromatic carbocycles. The van der Waals surface area contributed by atoms with Gasteiger partial charge in [-0.2, -0.15) is 11.8 Å². The maximum Gasteiger partial charge on any atom is 0.414 e. The smallest absolute Gasteiger partial charge is 0.414 e. The minimum atomic E-state index is -0.656. The average Bonchev–Trinajstić information content (AvgIpc) is 2.77. The van der Waals surface area contributed by atoms with Crippen LogP contribution >= 0.6 is 24.0 Å². The van der Waals surface area contributed by atoms with Gasteiger partial charge in [-0.1, -0.05) is 12.2 Å². The lowest BCUT2D eigenvalue weighted by Crippen LogP contribution is -2.32. The molecule has 2 aliphatic rings. The third kappa shape index (κ3) is 4.37. The van der Waals surface area contributed by atoms with Crippen LogP contribution in [0.2, 0.25) is 0 Å². The number of nitrogens with one attached hydrogen (secondary N) is 1. The van der Waals surface area contributed by atoms with Crippen molar-refractivity contribution in [3.8, 4) is 0 Å². The number of thiocarbonyl (C=S) groups is 1. The van der Waals surface area contributed by atoms with Crippen LogP contribution in [0.1, 0.15) is 13.3 Å². The molecule has 0 radical (unpaired) electrons. The summed E-state index contributed by atoms with van der Waals surface area (Å²) >= 11 is 6.72. The van der Waals surface area contributed by atoms with E-state index < -0.39 is 23.8 Å². The van der Waals surface area contributed by atoms with Crippen molar-refractivity contribution in [1.29, 1.82) is 0 Å². The van der Waals surface area contributed by atoms with Gasteiger partial charge in [-0.25, -0.2) is 13.6 Å². The first-order chi connectivity index (χ1) is 12.5.